The summed E-state index contributed by atoms with van der Waals surface area (Å²) >= 11 is 0. The van der Waals surface area contributed by atoms with E-state index < -0.39 is 0 Å². The third-order valence-electron chi connectivity index (χ3n) is 12.2. The van der Waals surface area contributed by atoms with Crippen LogP contribution in [0.2, 0.25) is 0 Å². The quantitative estimate of drug-likeness (QED) is 0.129. The van der Waals surface area contributed by atoms with Gasteiger partial charge in [-0.1, -0.05) is 176 Å². The molecule has 60 heavy (non-hydrogen) atoms. The fraction of sp³-hybridized carbons (Fsp3) is 0. The molecule has 2 aromatic heterocycles. The van der Waals surface area contributed by atoms with Crippen molar-refractivity contribution < 1.29 is 0 Å². The first-order valence-electron chi connectivity index (χ1n) is 20.6. The highest BCUT2D eigenvalue weighted by atomic mass is 14.8. The van der Waals surface area contributed by atoms with E-state index in [0.29, 0.717) is 0 Å². The van der Waals surface area contributed by atoms with Crippen LogP contribution in [-0.4, -0.2) is 9.97 Å². The van der Waals surface area contributed by atoms with E-state index in [1.165, 1.54) is 70.7 Å². The highest BCUT2D eigenvalue weighted by Gasteiger charge is 2.19. The highest BCUT2D eigenvalue weighted by molar-refractivity contribution is 6.22. The van der Waals surface area contributed by atoms with Crippen LogP contribution >= 0.6 is 0 Å². The van der Waals surface area contributed by atoms with Crippen LogP contribution in [0.25, 0.3) is 121 Å². The molecule has 10 aromatic carbocycles. The molecule has 0 aliphatic rings. The summed E-state index contributed by atoms with van der Waals surface area (Å²) in [7, 11) is 0. The summed E-state index contributed by atoms with van der Waals surface area (Å²) in [5, 5.41) is 13.3. The number of nitrogens with zero attached hydrogens (tertiary/aromatic N) is 2. The van der Waals surface area contributed by atoms with Gasteiger partial charge in [0.25, 0.3) is 0 Å². The van der Waals surface area contributed by atoms with Gasteiger partial charge >= 0.3 is 0 Å². The van der Waals surface area contributed by atoms with Crippen LogP contribution in [0.3, 0.4) is 0 Å². The average Bonchev–Trinajstić information content (AvgIpc) is 3.32. The normalized spacial score (nSPS) is 11.7. The number of hydrogen-bond acceptors (Lipinski definition) is 2. The molecular weight excluding hydrogens is 725 g/mol. The van der Waals surface area contributed by atoms with E-state index in [-0.39, 0.29) is 0 Å². The van der Waals surface area contributed by atoms with Crippen molar-refractivity contribution in [3.05, 3.63) is 218 Å². The lowest BCUT2D eigenvalue weighted by molar-refractivity contribution is 1.29. The zero-order chi connectivity index (χ0) is 39.6. The predicted molar refractivity (Wildman–Crippen MR) is 254 cm³/mol. The van der Waals surface area contributed by atoms with E-state index in [1.807, 2.05) is 6.07 Å². The Kier molecular flexibility index (Phi) is 7.89. The van der Waals surface area contributed by atoms with Gasteiger partial charge in [0.1, 0.15) is 0 Å². The molecule has 0 aliphatic carbocycles. The molecule has 2 heterocycles. The Morgan fingerprint density at radius 1 is 0.233 bits per heavy atom. The van der Waals surface area contributed by atoms with Crippen molar-refractivity contribution in [3.8, 4) is 56.0 Å². The second kappa shape index (κ2) is 13.9. The van der Waals surface area contributed by atoms with Crippen LogP contribution in [0.5, 0.6) is 0 Å². The highest BCUT2D eigenvalue weighted by Crippen LogP contribution is 2.46. The van der Waals surface area contributed by atoms with Crippen molar-refractivity contribution in [2.24, 2.45) is 0 Å². The summed E-state index contributed by atoms with van der Waals surface area (Å²) in [6, 6.07) is 79.0. The number of benzene rings is 10. The van der Waals surface area contributed by atoms with Crippen LogP contribution < -0.4 is 0 Å². The molecule has 0 spiro atoms. The summed E-state index contributed by atoms with van der Waals surface area (Å²) in [6.45, 7) is 0. The summed E-state index contributed by atoms with van der Waals surface area (Å²) < 4.78 is 0. The molecule has 12 rings (SSSR count). The van der Waals surface area contributed by atoms with Gasteiger partial charge in [-0.05, 0) is 124 Å². The van der Waals surface area contributed by atoms with Gasteiger partial charge in [0, 0.05) is 16.3 Å². The molecule has 0 radical (unpaired) electrons. The second-order valence-electron chi connectivity index (χ2n) is 15.7. The molecule has 0 atom stereocenters. The zero-order valence-corrected chi connectivity index (χ0v) is 32.7. The minimum absolute atomic E-state index is 0.860. The van der Waals surface area contributed by atoms with Gasteiger partial charge < -0.3 is 0 Å². The lowest BCUT2D eigenvalue weighted by Gasteiger charge is -2.19. The van der Waals surface area contributed by atoms with Crippen LogP contribution in [-0.2, 0) is 0 Å². The molecule has 0 amide bonds. The molecule has 0 bridgehead atoms. The van der Waals surface area contributed by atoms with Gasteiger partial charge in [-0.2, -0.15) is 0 Å². The van der Waals surface area contributed by atoms with Gasteiger partial charge in [-0.25, -0.2) is 9.97 Å². The Morgan fingerprint density at radius 2 is 0.733 bits per heavy atom. The monoisotopic (exact) mass is 760 g/mol. The number of rotatable bonds is 5. The fourth-order valence-corrected chi connectivity index (χ4v) is 9.35. The number of fused-ring (bicyclic) bond motifs is 7. The van der Waals surface area contributed by atoms with Gasteiger partial charge in [-0.3, -0.25) is 0 Å². The van der Waals surface area contributed by atoms with Gasteiger partial charge in [-0.15, -0.1) is 0 Å². The van der Waals surface area contributed by atoms with E-state index in [4.69, 9.17) is 9.97 Å². The van der Waals surface area contributed by atoms with E-state index in [2.05, 4.69) is 212 Å². The Balaban J connectivity index is 1.05. The maximum Gasteiger partial charge on any atom is 0.0972 e. The minimum Gasteiger partial charge on any atom is -0.246 e. The van der Waals surface area contributed by atoms with Crippen molar-refractivity contribution in [3.63, 3.8) is 0 Å². The molecule has 0 saturated carbocycles. The summed E-state index contributed by atoms with van der Waals surface area (Å²) in [4.78, 5) is 10.4. The van der Waals surface area contributed by atoms with Gasteiger partial charge in [0.15, 0.2) is 0 Å². The standard InChI is InChI=1S/C58H36N2/c1-3-15-39-34-44(29-27-37(39)13-1)56-48-21-6-7-22-49(48)57(45-30-28-38-14-2-4-16-40(38)35-45)52-36-42(31-32-50(52)56)41-17-11-18-43(33-41)53-25-12-26-55(59-53)58-51-23-8-5-19-46(51)47-20-9-10-24-54(47)60-58/h1-36H. The number of aromatic nitrogens is 2. The lowest BCUT2D eigenvalue weighted by atomic mass is 9.84. The topological polar surface area (TPSA) is 25.8 Å². The first-order chi connectivity index (χ1) is 29.7. The Labute approximate surface area is 347 Å². The van der Waals surface area contributed by atoms with Crippen molar-refractivity contribution in [2.45, 2.75) is 0 Å². The van der Waals surface area contributed by atoms with Gasteiger partial charge in [0.05, 0.1) is 22.6 Å². The predicted octanol–water partition coefficient (Wildman–Crippen LogP) is 15.7. The SMILES string of the molecule is c1cc(-c2ccc3c(-c4ccc5ccccc5c4)c4ccccc4c(-c4ccc5ccccc5c4)c3c2)cc(-c2cccc(-c3nc4ccccc4c4ccccc34)n2)c1. The van der Waals surface area contributed by atoms with Crippen molar-refractivity contribution in [1.29, 1.82) is 0 Å². The summed E-state index contributed by atoms with van der Waals surface area (Å²) in [6.07, 6.45) is 0. The Morgan fingerprint density at radius 3 is 1.45 bits per heavy atom. The average molecular weight is 761 g/mol. The van der Waals surface area contributed by atoms with E-state index in [9.17, 15) is 0 Å². The maximum absolute atomic E-state index is 5.27. The molecule has 2 heteroatoms. The molecule has 0 aliphatic heterocycles. The number of para-hydroxylation sites is 1. The second-order valence-corrected chi connectivity index (χ2v) is 15.7. The molecular formula is C58H36N2. The first kappa shape index (κ1) is 34.1. The lowest BCUT2D eigenvalue weighted by Crippen LogP contribution is -1.94. The van der Waals surface area contributed by atoms with Crippen LogP contribution in [0.1, 0.15) is 0 Å². The number of pyridine rings is 2. The molecule has 0 saturated heterocycles. The smallest absolute Gasteiger partial charge is 0.0972 e. The van der Waals surface area contributed by atoms with Crippen LogP contribution in [0.15, 0.2) is 218 Å². The number of hydrogen-bond donors (Lipinski definition) is 0. The minimum atomic E-state index is 0.860. The van der Waals surface area contributed by atoms with E-state index in [0.717, 1.165) is 50.1 Å². The first-order valence-corrected chi connectivity index (χ1v) is 20.6. The maximum atomic E-state index is 5.27. The van der Waals surface area contributed by atoms with Crippen molar-refractivity contribution in [1.82, 2.24) is 9.97 Å². The fourth-order valence-electron chi connectivity index (χ4n) is 9.35. The Bertz CT molecular complexity index is 3670. The molecule has 2 nitrogen and oxygen atoms in total. The van der Waals surface area contributed by atoms with Crippen LogP contribution in [0.4, 0.5) is 0 Å². The van der Waals surface area contributed by atoms with Crippen molar-refractivity contribution in [2.75, 3.05) is 0 Å². The summed E-state index contributed by atoms with van der Waals surface area (Å²) in [5.74, 6) is 0. The van der Waals surface area contributed by atoms with Crippen LogP contribution in [0, 0.1) is 0 Å². The van der Waals surface area contributed by atoms with E-state index in [1.54, 1.807) is 0 Å². The molecule has 0 unspecified atom stereocenters. The molecule has 0 N–H and O–H groups in total. The Hall–Kier alpha value is -7.94. The molecule has 278 valence electrons. The summed E-state index contributed by atoms with van der Waals surface area (Å²) in [5.41, 5.74) is 11.9. The molecule has 0 fully saturated rings. The third-order valence-corrected chi connectivity index (χ3v) is 12.2. The largest absolute Gasteiger partial charge is 0.246 e. The van der Waals surface area contributed by atoms with Gasteiger partial charge in [0.2, 0.25) is 0 Å². The van der Waals surface area contributed by atoms with E-state index >= 15 is 0 Å². The van der Waals surface area contributed by atoms with Crippen molar-refractivity contribution >= 4 is 64.8 Å². The zero-order valence-electron chi connectivity index (χ0n) is 32.7. The molecule has 12 aromatic rings. The third kappa shape index (κ3) is 5.65.